The molecule has 0 aliphatic carbocycles. The molecule has 0 aromatic carbocycles. The Hall–Kier alpha value is -1.50. The lowest BCUT2D eigenvalue weighted by atomic mass is 10.1. The number of rotatable bonds is 9. The van der Waals surface area contributed by atoms with Crippen molar-refractivity contribution in [2.24, 2.45) is 0 Å². The number of unbranched alkanes of at least 4 members (excludes halogenated alkanes) is 5. The van der Waals surface area contributed by atoms with Crippen LogP contribution < -0.4 is 0 Å². The Bertz CT molecular complexity index is 312. The van der Waals surface area contributed by atoms with Gasteiger partial charge in [-0.2, -0.15) is 0 Å². The molecule has 0 N–H and O–H groups in total. The summed E-state index contributed by atoms with van der Waals surface area (Å²) >= 11 is 0. The van der Waals surface area contributed by atoms with E-state index in [9.17, 15) is 9.59 Å². The zero-order chi connectivity index (χ0) is 14.3. The summed E-state index contributed by atoms with van der Waals surface area (Å²) in [7, 11) is 0. The summed E-state index contributed by atoms with van der Waals surface area (Å²) in [6.07, 6.45) is 7.50. The van der Waals surface area contributed by atoms with Gasteiger partial charge >= 0.3 is 11.9 Å². The summed E-state index contributed by atoms with van der Waals surface area (Å²) < 4.78 is 9.58. The largest absolute Gasteiger partial charge is 0.456 e. The van der Waals surface area contributed by atoms with Gasteiger partial charge in [-0.3, -0.25) is 0 Å². The molecule has 0 aromatic rings. The summed E-state index contributed by atoms with van der Waals surface area (Å²) in [6, 6.07) is 0. The molecule has 19 heavy (non-hydrogen) atoms. The van der Waals surface area contributed by atoms with E-state index in [1.807, 2.05) is 6.92 Å². The van der Waals surface area contributed by atoms with E-state index in [0.717, 1.165) is 19.3 Å². The van der Waals surface area contributed by atoms with Crippen LogP contribution in [0.5, 0.6) is 0 Å². The van der Waals surface area contributed by atoms with Gasteiger partial charge in [0.25, 0.3) is 0 Å². The number of ether oxygens (including phenoxy) is 2. The van der Waals surface area contributed by atoms with Gasteiger partial charge in [-0.25, -0.2) is 9.59 Å². The molecule has 0 rings (SSSR count). The SMILES string of the molecule is CCCCCCCCOC(=O)C#CC(=O)OCCC. The average Bonchev–Trinajstić information content (AvgIpc) is 2.41. The first-order valence-electron chi connectivity index (χ1n) is 7.06. The van der Waals surface area contributed by atoms with E-state index in [0.29, 0.717) is 13.2 Å². The lowest BCUT2D eigenvalue weighted by molar-refractivity contribution is -0.138. The molecule has 0 fully saturated rings. The number of hydrogen-bond acceptors (Lipinski definition) is 4. The summed E-state index contributed by atoms with van der Waals surface area (Å²) in [5, 5.41) is 0. The Morgan fingerprint density at radius 3 is 1.84 bits per heavy atom. The molecular weight excluding hydrogens is 244 g/mol. The molecule has 108 valence electrons. The highest BCUT2D eigenvalue weighted by Gasteiger charge is 1.99. The minimum atomic E-state index is -0.682. The molecule has 0 heterocycles. The highest BCUT2D eigenvalue weighted by atomic mass is 16.5. The van der Waals surface area contributed by atoms with Crippen molar-refractivity contribution in [3.63, 3.8) is 0 Å². The van der Waals surface area contributed by atoms with Crippen LogP contribution in [0.3, 0.4) is 0 Å². The fourth-order valence-corrected chi connectivity index (χ4v) is 1.42. The molecule has 0 bridgehead atoms. The van der Waals surface area contributed by atoms with Gasteiger partial charge < -0.3 is 9.47 Å². The van der Waals surface area contributed by atoms with Crippen molar-refractivity contribution < 1.29 is 19.1 Å². The third-order valence-electron chi connectivity index (χ3n) is 2.43. The fourth-order valence-electron chi connectivity index (χ4n) is 1.42. The standard InChI is InChI=1S/C15H24O4/c1-3-5-6-7-8-9-13-19-15(17)11-10-14(16)18-12-4-2/h3-9,12-13H2,1-2H3. The van der Waals surface area contributed by atoms with Gasteiger partial charge in [0.15, 0.2) is 0 Å². The lowest BCUT2D eigenvalue weighted by Gasteiger charge is -2.01. The quantitative estimate of drug-likeness (QED) is 0.279. The zero-order valence-corrected chi connectivity index (χ0v) is 12.0. The van der Waals surface area contributed by atoms with E-state index in [-0.39, 0.29) is 0 Å². The van der Waals surface area contributed by atoms with Crippen LogP contribution in [-0.4, -0.2) is 25.2 Å². The van der Waals surface area contributed by atoms with Crippen molar-refractivity contribution in [2.75, 3.05) is 13.2 Å². The van der Waals surface area contributed by atoms with Gasteiger partial charge in [0.1, 0.15) is 0 Å². The highest BCUT2D eigenvalue weighted by molar-refractivity contribution is 5.98. The number of hydrogen-bond donors (Lipinski definition) is 0. The van der Waals surface area contributed by atoms with Crippen LogP contribution in [0.25, 0.3) is 0 Å². The van der Waals surface area contributed by atoms with Crippen LogP contribution in [0.1, 0.15) is 58.8 Å². The summed E-state index contributed by atoms with van der Waals surface area (Å²) in [5.74, 6) is 2.87. The smallest absolute Gasteiger partial charge is 0.384 e. The molecule has 0 radical (unpaired) electrons. The Morgan fingerprint density at radius 1 is 0.737 bits per heavy atom. The van der Waals surface area contributed by atoms with E-state index >= 15 is 0 Å². The monoisotopic (exact) mass is 268 g/mol. The first-order chi connectivity index (χ1) is 9.20. The molecular formula is C15H24O4. The molecule has 0 unspecified atom stereocenters. The molecule has 0 saturated heterocycles. The average molecular weight is 268 g/mol. The second-order valence-corrected chi connectivity index (χ2v) is 4.29. The Labute approximate surface area is 115 Å². The number of carbonyl (C=O) groups excluding carboxylic acids is 2. The molecule has 0 amide bonds. The molecule has 0 saturated carbocycles. The Balaban J connectivity index is 3.54. The maximum atomic E-state index is 11.2. The van der Waals surface area contributed by atoms with E-state index in [4.69, 9.17) is 9.47 Å². The first kappa shape index (κ1) is 17.5. The topological polar surface area (TPSA) is 52.6 Å². The van der Waals surface area contributed by atoms with E-state index in [1.165, 1.54) is 25.7 Å². The Morgan fingerprint density at radius 2 is 1.26 bits per heavy atom. The van der Waals surface area contributed by atoms with Gasteiger partial charge in [0.05, 0.1) is 13.2 Å². The van der Waals surface area contributed by atoms with Crippen molar-refractivity contribution >= 4 is 11.9 Å². The van der Waals surface area contributed by atoms with Crippen molar-refractivity contribution in [2.45, 2.75) is 58.8 Å². The van der Waals surface area contributed by atoms with E-state index in [1.54, 1.807) is 0 Å². The summed E-state index contributed by atoms with van der Waals surface area (Å²) in [5.41, 5.74) is 0. The second-order valence-electron chi connectivity index (χ2n) is 4.29. The molecule has 0 aliphatic heterocycles. The van der Waals surface area contributed by atoms with Crippen LogP contribution >= 0.6 is 0 Å². The van der Waals surface area contributed by atoms with Crippen LogP contribution in [0, 0.1) is 11.8 Å². The zero-order valence-electron chi connectivity index (χ0n) is 12.0. The first-order valence-corrected chi connectivity index (χ1v) is 7.06. The van der Waals surface area contributed by atoms with Crippen LogP contribution in [0.15, 0.2) is 0 Å². The van der Waals surface area contributed by atoms with Crippen molar-refractivity contribution in [1.82, 2.24) is 0 Å². The fraction of sp³-hybridized carbons (Fsp3) is 0.733. The molecule has 4 heteroatoms. The van der Waals surface area contributed by atoms with Gasteiger partial charge in [0, 0.05) is 11.8 Å². The third kappa shape index (κ3) is 12.7. The molecule has 0 atom stereocenters. The minimum absolute atomic E-state index is 0.320. The van der Waals surface area contributed by atoms with Crippen molar-refractivity contribution in [3.05, 3.63) is 0 Å². The molecule has 0 aromatic heterocycles. The summed E-state index contributed by atoms with van der Waals surface area (Å²) in [4.78, 5) is 22.1. The molecule has 0 aliphatic rings. The normalized spacial score (nSPS) is 9.37. The highest BCUT2D eigenvalue weighted by Crippen LogP contribution is 2.04. The predicted octanol–water partition coefficient (Wildman–Crippen LogP) is 2.85. The molecule has 0 spiro atoms. The van der Waals surface area contributed by atoms with Gasteiger partial charge in [0.2, 0.25) is 0 Å². The Kier molecular flexibility index (Phi) is 11.9. The van der Waals surface area contributed by atoms with Gasteiger partial charge in [-0.1, -0.05) is 46.0 Å². The van der Waals surface area contributed by atoms with Crippen molar-refractivity contribution in [3.8, 4) is 11.8 Å². The van der Waals surface area contributed by atoms with E-state index in [2.05, 4.69) is 18.8 Å². The minimum Gasteiger partial charge on any atom is -0.456 e. The maximum Gasteiger partial charge on any atom is 0.384 e. The second kappa shape index (κ2) is 12.9. The number of esters is 2. The van der Waals surface area contributed by atoms with Gasteiger partial charge in [-0.15, -0.1) is 0 Å². The predicted molar refractivity (Wildman–Crippen MR) is 73.4 cm³/mol. The summed E-state index contributed by atoms with van der Waals surface area (Å²) in [6.45, 7) is 4.74. The number of carbonyl (C=O) groups is 2. The van der Waals surface area contributed by atoms with Gasteiger partial charge in [-0.05, 0) is 12.8 Å². The van der Waals surface area contributed by atoms with Crippen LogP contribution in [0.2, 0.25) is 0 Å². The maximum absolute atomic E-state index is 11.2. The van der Waals surface area contributed by atoms with Crippen LogP contribution in [0.4, 0.5) is 0 Å². The van der Waals surface area contributed by atoms with E-state index < -0.39 is 11.9 Å². The van der Waals surface area contributed by atoms with Crippen molar-refractivity contribution in [1.29, 1.82) is 0 Å². The third-order valence-corrected chi connectivity index (χ3v) is 2.43. The van der Waals surface area contributed by atoms with Crippen LogP contribution in [-0.2, 0) is 19.1 Å². The lowest BCUT2D eigenvalue weighted by Crippen LogP contribution is -2.06. The molecule has 4 nitrogen and oxygen atoms in total.